The molecule has 3 aliphatic rings. The quantitative estimate of drug-likeness (QED) is 0.664. The van der Waals surface area contributed by atoms with E-state index in [1.807, 2.05) is 18.2 Å². The van der Waals surface area contributed by atoms with Crippen molar-refractivity contribution in [3.05, 3.63) is 34.2 Å². The van der Waals surface area contributed by atoms with E-state index in [4.69, 9.17) is 14.2 Å². The zero-order chi connectivity index (χ0) is 22.6. The van der Waals surface area contributed by atoms with Gasteiger partial charge < -0.3 is 24.6 Å². The van der Waals surface area contributed by atoms with Gasteiger partial charge in [-0.2, -0.15) is 0 Å². The zero-order valence-electron chi connectivity index (χ0n) is 17.7. The number of nitrogens with one attached hydrogen (secondary N) is 1. The first-order valence-electron chi connectivity index (χ1n) is 10.5. The van der Waals surface area contributed by atoms with Gasteiger partial charge in [0.05, 0.1) is 38.3 Å². The van der Waals surface area contributed by atoms with E-state index in [1.54, 1.807) is 7.11 Å². The minimum Gasteiger partial charge on any atom is -0.497 e. The fourth-order valence-electron chi connectivity index (χ4n) is 5.24. The number of carbonyl (C=O) groups is 3. The van der Waals surface area contributed by atoms with Crippen LogP contribution in [0.3, 0.4) is 0 Å². The molecular weight excluding hydrogens is 434 g/mol. The number of carboxylic acid groups (broad SMARTS) is 1. The molecule has 2 aromatic rings. The van der Waals surface area contributed by atoms with Crippen LogP contribution in [0.15, 0.2) is 18.2 Å². The molecule has 1 aromatic heterocycles. The summed E-state index contributed by atoms with van der Waals surface area (Å²) >= 11 is 1.34. The van der Waals surface area contributed by atoms with Crippen LogP contribution < -0.4 is 10.1 Å². The van der Waals surface area contributed by atoms with E-state index in [0.29, 0.717) is 23.4 Å². The van der Waals surface area contributed by atoms with Crippen LogP contribution in [0.1, 0.15) is 33.6 Å². The highest BCUT2D eigenvalue weighted by Crippen LogP contribution is 2.48. The van der Waals surface area contributed by atoms with E-state index in [9.17, 15) is 19.5 Å². The lowest BCUT2D eigenvalue weighted by atomic mass is 9.78. The van der Waals surface area contributed by atoms with Gasteiger partial charge in [-0.25, -0.2) is 4.79 Å². The van der Waals surface area contributed by atoms with Crippen LogP contribution in [0.4, 0.5) is 5.00 Å². The molecule has 9 heteroatoms. The number of aryl methyl sites for hydroxylation is 2. The van der Waals surface area contributed by atoms with Crippen molar-refractivity contribution in [1.29, 1.82) is 0 Å². The molecule has 32 heavy (non-hydrogen) atoms. The van der Waals surface area contributed by atoms with Crippen LogP contribution in [-0.2, 0) is 31.9 Å². The number of esters is 1. The number of methoxy groups -OCH3 is 2. The first-order chi connectivity index (χ1) is 15.4. The molecule has 0 radical (unpaired) electrons. The van der Waals surface area contributed by atoms with Gasteiger partial charge in [0.15, 0.2) is 0 Å². The van der Waals surface area contributed by atoms with Crippen molar-refractivity contribution in [3.63, 3.8) is 0 Å². The zero-order valence-corrected chi connectivity index (χ0v) is 18.5. The number of thiophene rings is 1. The van der Waals surface area contributed by atoms with Crippen LogP contribution in [0.2, 0.25) is 0 Å². The number of carbonyl (C=O) groups excluding carboxylic acids is 2. The van der Waals surface area contributed by atoms with E-state index in [0.717, 1.165) is 40.2 Å². The highest BCUT2D eigenvalue weighted by molar-refractivity contribution is 7.17. The van der Waals surface area contributed by atoms with E-state index < -0.39 is 41.9 Å². The average Bonchev–Trinajstić information content (AvgIpc) is 3.50. The number of hydrogen-bond donors (Lipinski definition) is 2. The summed E-state index contributed by atoms with van der Waals surface area (Å²) in [6.45, 7) is 0. The highest BCUT2D eigenvalue weighted by Gasteiger charge is 2.55. The minimum atomic E-state index is -1.03. The predicted molar refractivity (Wildman–Crippen MR) is 116 cm³/mol. The van der Waals surface area contributed by atoms with Crippen molar-refractivity contribution in [2.75, 3.05) is 19.5 Å². The molecule has 2 saturated heterocycles. The van der Waals surface area contributed by atoms with Crippen LogP contribution in [0.25, 0.3) is 11.1 Å². The number of carboxylic acids is 1. The summed E-state index contributed by atoms with van der Waals surface area (Å²) in [5.41, 5.74) is 3.05. The van der Waals surface area contributed by atoms with Gasteiger partial charge in [0.2, 0.25) is 5.91 Å². The van der Waals surface area contributed by atoms with E-state index in [2.05, 4.69) is 5.32 Å². The molecule has 3 heterocycles. The standard InChI is InChI=1S/C23H23NO7S/c1-29-11-4-5-12-10(9-11)3-8-15-16(12)19(23(28)30-2)21(32-15)24-20(25)17-13-6-7-14(31-13)18(17)22(26)27/h4-5,9,13-14,17-18H,3,6-8H2,1-2H3,(H,24,25)(H,26,27)/t13-,14-,17+,18-/m1/s1. The predicted octanol–water partition coefficient (Wildman–Crippen LogP) is 3.13. The number of benzene rings is 1. The van der Waals surface area contributed by atoms with Gasteiger partial charge in [-0.05, 0) is 48.9 Å². The number of aliphatic carboxylic acids is 1. The molecule has 0 spiro atoms. The number of amides is 1. The summed E-state index contributed by atoms with van der Waals surface area (Å²) in [5, 5.41) is 12.9. The van der Waals surface area contributed by atoms with Gasteiger partial charge in [0.25, 0.3) is 0 Å². The van der Waals surface area contributed by atoms with Gasteiger partial charge in [-0.3, -0.25) is 9.59 Å². The Morgan fingerprint density at radius 3 is 2.56 bits per heavy atom. The lowest BCUT2D eigenvalue weighted by Gasteiger charge is -2.23. The number of ether oxygens (including phenoxy) is 3. The average molecular weight is 458 g/mol. The maximum atomic E-state index is 13.2. The van der Waals surface area contributed by atoms with Gasteiger partial charge in [-0.1, -0.05) is 6.07 Å². The molecule has 4 atom stereocenters. The molecule has 2 bridgehead atoms. The summed E-state index contributed by atoms with van der Waals surface area (Å²) in [6, 6.07) is 5.72. The van der Waals surface area contributed by atoms with E-state index in [-0.39, 0.29) is 0 Å². The number of anilines is 1. The fraction of sp³-hybridized carbons (Fsp3) is 0.435. The van der Waals surface area contributed by atoms with Crippen LogP contribution >= 0.6 is 11.3 Å². The van der Waals surface area contributed by atoms with Crippen molar-refractivity contribution >= 4 is 34.2 Å². The van der Waals surface area contributed by atoms with Gasteiger partial charge >= 0.3 is 11.9 Å². The summed E-state index contributed by atoms with van der Waals surface area (Å²) in [6.07, 6.45) is 1.96. The van der Waals surface area contributed by atoms with Crippen molar-refractivity contribution in [1.82, 2.24) is 0 Å². The third kappa shape index (κ3) is 3.18. The Kier molecular flexibility index (Phi) is 5.17. The maximum absolute atomic E-state index is 13.2. The molecule has 1 aromatic carbocycles. The van der Waals surface area contributed by atoms with Crippen molar-refractivity contribution in [3.8, 4) is 16.9 Å². The Morgan fingerprint density at radius 2 is 1.88 bits per heavy atom. The van der Waals surface area contributed by atoms with Crippen LogP contribution in [-0.4, -0.2) is 49.4 Å². The first kappa shape index (κ1) is 21.0. The molecule has 2 aliphatic heterocycles. The van der Waals surface area contributed by atoms with Gasteiger partial charge in [0.1, 0.15) is 16.3 Å². The first-order valence-corrected chi connectivity index (χ1v) is 11.3. The fourth-order valence-corrected chi connectivity index (χ4v) is 6.44. The SMILES string of the molecule is COC(=O)c1c(NC(=O)[C@@H]2[C@H](C(=O)O)[C@H]3CC[C@H]2O3)sc2c1-c1ccc(OC)cc1CC2. The Bertz CT molecular complexity index is 1120. The van der Waals surface area contributed by atoms with E-state index in [1.165, 1.54) is 18.4 Å². The number of rotatable bonds is 5. The van der Waals surface area contributed by atoms with Gasteiger partial charge in [0, 0.05) is 10.4 Å². The lowest BCUT2D eigenvalue weighted by Crippen LogP contribution is -2.41. The lowest BCUT2D eigenvalue weighted by molar-refractivity contribution is -0.147. The van der Waals surface area contributed by atoms with E-state index >= 15 is 0 Å². The third-order valence-corrected chi connectivity index (χ3v) is 7.84. The monoisotopic (exact) mass is 457 g/mol. The second-order valence-corrected chi connectivity index (χ2v) is 9.39. The topological polar surface area (TPSA) is 111 Å². The Balaban J connectivity index is 1.53. The second-order valence-electron chi connectivity index (χ2n) is 8.29. The number of hydrogen-bond acceptors (Lipinski definition) is 7. The molecule has 1 aliphatic carbocycles. The summed E-state index contributed by atoms with van der Waals surface area (Å²) < 4.78 is 16.1. The molecule has 168 valence electrons. The van der Waals surface area contributed by atoms with Crippen molar-refractivity contribution in [2.24, 2.45) is 11.8 Å². The Hall–Kier alpha value is -2.91. The summed E-state index contributed by atoms with van der Waals surface area (Å²) in [7, 11) is 2.91. The Morgan fingerprint density at radius 1 is 1.12 bits per heavy atom. The second kappa shape index (κ2) is 7.90. The molecular formula is C23H23NO7S. The van der Waals surface area contributed by atoms with Crippen LogP contribution in [0, 0.1) is 11.8 Å². The largest absolute Gasteiger partial charge is 0.497 e. The maximum Gasteiger partial charge on any atom is 0.341 e. The smallest absolute Gasteiger partial charge is 0.341 e. The minimum absolute atomic E-state index is 0.308. The van der Waals surface area contributed by atoms with Crippen LogP contribution in [0.5, 0.6) is 5.75 Å². The van der Waals surface area contributed by atoms with Crippen molar-refractivity contribution < 1.29 is 33.7 Å². The third-order valence-electron chi connectivity index (χ3n) is 6.67. The summed E-state index contributed by atoms with van der Waals surface area (Å²) in [4.78, 5) is 38.8. The normalized spacial score (nSPS) is 25.1. The molecule has 0 saturated carbocycles. The number of fused-ring (bicyclic) bond motifs is 5. The van der Waals surface area contributed by atoms with Gasteiger partial charge in [-0.15, -0.1) is 11.3 Å². The molecule has 0 unspecified atom stereocenters. The molecule has 5 rings (SSSR count). The summed E-state index contributed by atoms with van der Waals surface area (Å²) in [5.74, 6) is -2.92. The van der Waals surface area contributed by atoms with Crippen molar-refractivity contribution in [2.45, 2.75) is 37.9 Å². The Labute approximate surface area is 188 Å². The highest BCUT2D eigenvalue weighted by atomic mass is 32.1. The molecule has 2 N–H and O–H groups in total. The molecule has 8 nitrogen and oxygen atoms in total. The molecule has 1 amide bonds. The molecule has 2 fully saturated rings.